The van der Waals surface area contributed by atoms with Gasteiger partial charge in [-0.2, -0.15) is 0 Å². The number of hydrogen-bond acceptors (Lipinski definition) is 4. The van der Waals surface area contributed by atoms with Gasteiger partial charge >= 0.3 is 0 Å². The zero-order valence-corrected chi connectivity index (χ0v) is 12.9. The minimum Gasteiger partial charge on any atom is -0.484 e. The topological polar surface area (TPSA) is 70.7 Å². The molecular formula is C16H23N3O3. The lowest BCUT2D eigenvalue weighted by atomic mass is 10.3. The number of carbonyl (C=O) groups is 2. The Kier molecular flexibility index (Phi) is 6.21. The first kappa shape index (κ1) is 16.3. The second-order valence-corrected chi connectivity index (χ2v) is 5.14. The van der Waals surface area contributed by atoms with E-state index in [4.69, 9.17) is 4.74 Å². The summed E-state index contributed by atoms with van der Waals surface area (Å²) in [4.78, 5) is 25.0. The molecule has 0 saturated carbocycles. The number of nitrogens with one attached hydrogen (secondary N) is 2. The van der Waals surface area contributed by atoms with Crippen molar-refractivity contribution in [1.82, 2.24) is 10.6 Å². The maximum absolute atomic E-state index is 11.7. The van der Waals surface area contributed by atoms with E-state index in [2.05, 4.69) is 10.6 Å². The largest absolute Gasteiger partial charge is 0.484 e. The molecule has 1 aliphatic rings. The Balaban J connectivity index is 1.74. The molecule has 1 heterocycles. The number of rotatable bonds is 8. The van der Waals surface area contributed by atoms with Crippen molar-refractivity contribution >= 4 is 17.5 Å². The van der Waals surface area contributed by atoms with Crippen LogP contribution >= 0.6 is 0 Å². The highest BCUT2D eigenvalue weighted by molar-refractivity contribution is 5.95. The maximum Gasteiger partial charge on any atom is 0.257 e. The first-order chi connectivity index (χ1) is 10.7. The second-order valence-electron chi connectivity index (χ2n) is 5.14. The molecule has 22 heavy (non-hydrogen) atoms. The van der Waals surface area contributed by atoms with Crippen molar-refractivity contribution in [2.45, 2.75) is 19.8 Å². The highest BCUT2D eigenvalue weighted by atomic mass is 16.5. The molecule has 2 amide bonds. The number of ether oxygens (including phenoxy) is 1. The van der Waals surface area contributed by atoms with E-state index in [0.717, 1.165) is 31.7 Å². The standard InChI is InChI=1S/C16H23N3O3/c1-2-17-9-10-18-15(20)12-22-14-7-5-13(6-8-14)19-11-3-4-16(19)21/h5-8,17H,2-4,9-12H2,1H3,(H,18,20). The van der Waals surface area contributed by atoms with Gasteiger partial charge in [0.05, 0.1) is 0 Å². The molecule has 6 nitrogen and oxygen atoms in total. The van der Waals surface area contributed by atoms with Crippen LogP contribution in [0.5, 0.6) is 5.75 Å². The number of amides is 2. The Labute approximate surface area is 130 Å². The van der Waals surface area contributed by atoms with Crippen molar-refractivity contribution in [2.24, 2.45) is 0 Å². The Hall–Kier alpha value is -2.08. The molecule has 1 fully saturated rings. The Morgan fingerprint density at radius 2 is 2.05 bits per heavy atom. The van der Waals surface area contributed by atoms with Crippen LogP contribution in [0.25, 0.3) is 0 Å². The predicted octanol–water partition coefficient (Wildman–Crippen LogP) is 0.918. The monoisotopic (exact) mass is 305 g/mol. The van der Waals surface area contributed by atoms with Crippen LogP contribution in [-0.2, 0) is 9.59 Å². The van der Waals surface area contributed by atoms with Gasteiger partial charge < -0.3 is 20.3 Å². The van der Waals surface area contributed by atoms with E-state index in [9.17, 15) is 9.59 Å². The summed E-state index contributed by atoms with van der Waals surface area (Å²) in [6.07, 6.45) is 1.52. The average molecular weight is 305 g/mol. The van der Waals surface area contributed by atoms with Crippen LogP contribution in [-0.4, -0.2) is 44.6 Å². The van der Waals surface area contributed by atoms with Gasteiger partial charge in [0.25, 0.3) is 5.91 Å². The molecule has 0 radical (unpaired) electrons. The molecule has 0 spiro atoms. The van der Waals surface area contributed by atoms with Crippen molar-refractivity contribution in [3.63, 3.8) is 0 Å². The average Bonchev–Trinajstić information content (AvgIpc) is 2.96. The van der Waals surface area contributed by atoms with Crippen LogP contribution in [0.15, 0.2) is 24.3 Å². The van der Waals surface area contributed by atoms with Gasteiger partial charge in [-0.05, 0) is 37.2 Å². The summed E-state index contributed by atoms with van der Waals surface area (Å²) in [6.45, 7) is 5.01. The van der Waals surface area contributed by atoms with E-state index in [-0.39, 0.29) is 18.4 Å². The Morgan fingerprint density at radius 1 is 1.27 bits per heavy atom. The summed E-state index contributed by atoms with van der Waals surface area (Å²) in [6, 6.07) is 7.27. The van der Waals surface area contributed by atoms with Crippen LogP contribution in [0.4, 0.5) is 5.69 Å². The zero-order chi connectivity index (χ0) is 15.8. The van der Waals surface area contributed by atoms with Crippen LogP contribution in [0.2, 0.25) is 0 Å². The number of carbonyl (C=O) groups excluding carboxylic acids is 2. The first-order valence-electron chi connectivity index (χ1n) is 7.71. The number of hydrogen-bond donors (Lipinski definition) is 2. The van der Waals surface area contributed by atoms with Crippen LogP contribution in [0.3, 0.4) is 0 Å². The molecule has 0 aromatic heterocycles. The third kappa shape index (κ3) is 4.73. The van der Waals surface area contributed by atoms with Crippen molar-refractivity contribution in [3.8, 4) is 5.75 Å². The number of anilines is 1. The number of likely N-dealkylation sites (N-methyl/N-ethyl adjacent to an activating group) is 1. The molecule has 120 valence electrons. The molecule has 2 N–H and O–H groups in total. The van der Waals surface area contributed by atoms with Gasteiger partial charge in [-0.15, -0.1) is 0 Å². The normalized spacial score (nSPS) is 14.2. The van der Waals surface area contributed by atoms with Crippen molar-refractivity contribution in [1.29, 1.82) is 0 Å². The molecule has 1 aliphatic heterocycles. The molecule has 0 unspecified atom stereocenters. The highest BCUT2D eigenvalue weighted by Crippen LogP contribution is 2.23. The summed E-state index contributed by atoms with van der Waals surface area (Å²) < 4.78 is 5.43. The van der Waals surface area contributed by atoms with Gasteiger partial charge in [-0.3, -0.25) is 9.59 Å². The van der Waals surface area contributed by atoms with Crippen LogP contribution in [0, 0.1) is 0 Å². The van der Waals surface area contributed by atoms with Gasteiger partial charge in [-0.25, -0.2) is 0 Å². The maximum atomic E-state index is 11.7. The second kappa shape index (κ2) is 8.38. The molecule has 1 aromatic rings. The summed E-state index contributed by atoms with van der Waals surface area (Å²) >= 11 is 0. The van der Waals surface area contributed by atoms with E-state index in [0.29, 0.717) is 18.7 Å². The van der Waals surface area contributed by atoms with Crippen molar-refractivity contribution < 1.29 is 14.3 Å². The fourth-order valence-electron chi connectivity index (χ4n) is 2.31. The van der Waals surface area contributed by atoms with Gasteiger partial charge in [-0.1, -0.05) is 6.92 Å². The predicted molar refractivity (Wildman–Crippen MR) is 85.1 cm³/mol. The molecular weight excluding hydrogens is 282 g/mol. The van der Waals surface area contributed by atoms with Gasteiger partial charge in [0.15, 0.2) is 6.61 Å². The summed E-state index contributed by atoms with van der Waals surface area (Å²) in [5, 5.41) is 5.90. The minimum absolute atomic E-state index is 0.00584. The smallest absolute Gasteiger partial charge is 0.257 e. The number of benzene rings is 1. The lowest BCUT2D eigenvalue weighted by Gasteiger charge is -2.16. The van der Waals surface area contributed by atoms with Gasteiger partial charge in [0.2, 0.25) is 5.91 Å². The Morgan fingerprint density at radius 3 is 2.68 bits per heavy atom. The van der Waals surface area contributed by atoms with Crippen molar-refractivity contribution in [3.05, 3.63) is 24.3 Å². The van der Waals surface area contributed by atoms with E-state index in [1.807, 2.05) is 19.1 Å². The zero-order valence-electron chi connectivity index (χ0n) is 12.9. The summed E-state index contributed by atoms with van der Waals surface area (Å²) in [5.74, 6) is 0.641. The first-order valence-corrected chi connectivity index (χ1v) is 7.71. The third-order valence-corrected chi connectivity index (χ3v) is 3.47. The quantitative estimate of drug-likeness (QED) is 0.701. The van der Waals surface area contributed by atoms with Crippen LogP contribution < -0.4 is 20.3 Å². The molecule has 0 bridgehead atoms. The fraction of sp³-hybridized carbons (Fsp3) is 0.500. The lowest BCUT2D eigenvalue weighted by Crippen LogP contribution is -2.34. The molecule has 0 aliphatic carbocycles. The molecule has 6 heteroatoms. The van der Waals surface area contributed by atoms with E-state index >= 15 is 0 Å². The molecule has 1 aromatic carbocycles. The van der Waals surface area contributed by atoms with Gasteiger partial charge in [0.1, 0.15) is 5.75 Å². The van der Waals surface area contributed by atoms with E-state index in [1.165, 1.54) is 0 Å². The van der Waals surface area contributed by atoms with Crippen molar-refractivity contribution in [2.75, 3.05) is 37.7 Å². The van der Waals surface area contributed by atoms with Gasteiger partial charge in [0, 0.05) is 31.7 Å². The fourth-order valence-corrected chi connectivity index (χ4v) is 2.31. The lowest BCUT2D eigenvalue weighted by molar-refractivity contribution is -0.123. The van der Waals surface area contributed by atoms with E-state index in [1.54, 1.807) is 17.0 Å². The van der Waals surface area contributed by atoms with Crippen LogP contribution in [0.1, 0.15) is 19.8 Å². The summed E-state index contributed by atoms with van der Waals surface area (Å²) in [5.41, 5.74) is 0.880. The minimum atomic E-state index is -0.142. The summed E-state index contributed by atoms with van der Waals surface area (Å²) in [7, 11) is 0. The molecule has 0 atom stereocenters. The molecule has 1 saturated heterocycles. The number of nitrogens with zero attached hydrogens (tertiary/aromatic N) is 1. The SMILES string of the molecule is CCNCCNC(=O)COc1ccc(N2CCCC2=O)cc1. The molecule has 2 rings (SSSR count). The van der Waals surface area contributed by atoms with E-state index < -0.39 is 0 Å². The highest BCUT2D eigenvalue weighted by Gasteiger charge is 2.21. The third-order valence-electron chi connectivity index (χ3n) is 3.47. The Bertz CT molecular complexity index is 502.